The molecule has 0 aliphatic heterocycles. The number of rotatable bonds is 60. The van der Waals surface area contributed by atoms with Gasteiger partial charge in [-0.25, -0.2) is 0 Å². The Bertz CT molecular complexity index is 1670. The molecule has 0 amide bonds. The second kappa shape index (κ2) is 63.1. The molecule has 0 heterocycles. The van der Waals surface area contributed by atoms with E-state index < -0.39 is 122 Å². The normalized spacial score (nSPS) is 16.3. The van der Waals surface area contributed by atoms with Gasteiger partial charge in [0.15, 0.2) is 0 Å². The van der Waals surface area contributed by atoms with Crippen LogP contribution in [0.1, 0.15) is 58.3 Å². The topological polar surface area (TPSA) is 470 Å². The van der Waals surface area contributed by atoms with Crippen LogP contribution < -0.4 is 35.1 Å². The highest BCUT2D eigenvalue weighted by atomic mass is 31.2. The maximum atomic E-state index is 12.6. The number of nitrogens with one attached hydrogen (secondary N) is 2. The molecule has 0 spiro atoms. The summed E-state index contributed by atoms with van der Waals surface area (Å²) in [6, 6.07) is 0. The molecule has 35 nitrogen and oxygen atoms in total. The summed E-state index contributed by atoms with van der Waals surface area (Å²) in [5, 5.41) is 45.4. The van der Waals surface area contributed by atoms with Gasteiger partial charge in [-0.15, -0.1) is 39.5 Å². The Morgan fingerprint density at radius 1 is 0.448 bits per heavy atom. The molecule has 0 aliphatic carbocycles. The average Bonchev–Trinajstić information content (AvgIpc) is 3.67. The van der Waals surface area contributed by atoms with Crippen LogP contribution in [0.4, 0.5) is 0 Å². The molecule has 0 saturated carbocycles. The molecule has 0 saturated heterocycles. The highest BCUT2D eigenvalue weighted by molar-refractivity contribution is 7.50. The minimum Gasteiger partial charge on any atom is -0.779 e. The molecule has 40 heteroatoms. The molecule has 0 bridgehead atoms. The van der Waals surface area contributed by atoms with Crippen LogP contribution >= 0.6 is 38.9 Å². The molecular weight excluding hydrogens is 1280 g/mol. The summed E-state index contributed by atoms with van der Waals surface area (Å²) in [5.74, 6) is 0. The van der Waals surface area contributed by atoms with Gasteiger partial charge in [-0.2, -0.15) is 0 Å². The number of hydrogen-bond acceptors (Lipinski definition) is 35. The van der Waals surface area contributed by atoms with Crippen LogP contribution in [-0.2, 0) is 117 Å². The maximum Gasteiger partial charge on any atom is 0.268 e. The zero-order valence-corrected chi connectivity index (χ0v) is 54.8. The quantitative estimate of drug-likeness (QED) is 0.0111. The lowest BCUT2D eigenvalue weighted by atomic mass is 9.87. The fraction of sp³-hybridized carbons (Fsp3) is 0.787. The first kappa shape index (κ1) is 94.0. The minimum absolute atomic E-state index is 0.0312. The standard InChI is InChI=1S/C37H83N2O28P5.C4H6O5.3C2H4/c1-5-13-53-20-9-34(26-40)65-70(47,48)60-17-6-14-54-29-37(12-23-63-69(45,46)64-25-24-59-68(4,43)44,30-55-15-7-18-61-71(49,50)66-35(27-41)10-21-57-32-38-2)31-56-16-8-19-62-72(51,52)67-36(28-42)11-22-58-33-39-3;1-3-5-7-9-8-6-4-2;3*1-2/h34-36,38-42H,5-33H2,1-4H3,(H,43,44)(H,45,46)(H,47,48)(H,49,50)(H,51,52);3-4H,1-2H2;3*1-2H2/p-5. The minimum atomic E-state index is -5.07. The first-order valence-corrected chi connectivity index (χ1v) is 34.3. The van der Waals surface area contributed by atoms with Gasteiger partial charge in [0.1, 0.15) is 20.1 Å². The van der Waals surface area contributed by atoms with Crippen LogP contribution in [0.2, 0.25) is 0 Å². The van der Waals surface area contributed by atoms with Crippen LogP contribution in [0.5, 0.6) is 0 Å². The molecule has 87 heavy (non-hydrogen) atoms. The van der Waals surface area contributed by atoms with Gasteiger partial charge in [-0.1, -0.05) is 20.1 Å². The van der Waals surface area contributed by atoms with Gasteiger partial charge < -0.3 is 123 Å². The van der Waals surface area contributed by atoms with E-state index in [0.717, 1.165) is 25.6 Å². The number of hydrogen-bond donors (Lipinski definition) is 5. The molecule has 5 N–H and O–H groups in total. The van der Waals surface area contributed by atoms with Gasteiger partial charge >= 0.3 is 0 Å². The average molecular weight is 1370 g/mol. The van der Waals surface area contributed by atoms with Crippen LogP contribution in [0.25, 0.3) is 0 Å². The molecule has 0 aromatic carbocycles. The molecule has 8 unspecified atom stereocenters. The lowest BCUT2D eigenvalue weighted by Gasteiger charge is -2.34. The molecule has 0 rings (SSSR count). The van der Waals surface area contributed by atoms with E-state index in [0.29, 0.717) is 6.61 Å². The summed E-state index contributed by atoms with van der Waals surface area (Å²) in [6.07, 6.45) is -0.809. The molecular formula is C47H96N2O33P5-5. The van der Waals surface area contributed by atoms with Gasteiger partial charge in [-0.05, 0) is 65.5 Å². The smallest absolute Gasteiger partial charge is 0.268 e. The Kier molecular flexibility index (Phi) is 68.2. The number of aliphatic hydroxyl groups is 3. The van der Waals surface area contributed by atoms with Gasteiger partial charge in [0.05, 0.1) is 124 Å². The van der Waals surface area contributed by atoms with Crippen LogP contribution in [0.3, 0.4) is 0 Å². The molecule has 0 aromatic heterocycles. The van der Waals surface area contributed by atoms with Crippen molar-refractivity contribution in [2.75, 3.05) is 160 Å². The summed E-state index contributed by atoms with van der Waals surface area (Å²) in [7, 11) is -20.7. The largest absolute Gasteiger partial charge is 0.779 e. The van der Waals surface area contributed by atoms with E-state index in [1.54, 1.807) is 14.1 Å². The highest BCUT2D eigenvalue weighted by Crippen LogP contribution is 2.43. The Morgan fingerprint density at radius 2 is 0.782 bits per heavy atom. The zero-order valence-electron chi connectivity index (χ0n) is 50.4. The second-order valence-electron chi connectivity index (χ2n) is 16.3. The van der Waals surface area contributed by atoms with E-state index in [1.807, 2.05) is 6.92 Å². The lowest BCUT2D eigenvalue weighted by Crippen LogP contribution is -2.39. The first-order chi connectivity index (χ1) is 41.4. The molecule has 522 valence electrons. The van der Waals surface area contributed by atoms with Crippen molar-refractivity contribution in [1.82, 2.24) is 10.6 Å². The fourth-order valence-electron chi connectivity index (χ4n) is 5.49. The summed E-state index contributed by atoms with van der Waals surface area (Å²) in [6.45, 7) is 21.6. The lowest BCUT2D eigenvalue weighted by molar-refractivity contribution is -0.692. The third-order valence-corrected chi connectivity index (χ3v) is 13.9. The van der Waals surface area contributed by atoms with Gasteiger partial charge in [0.2, 0.25) is 0 Å². The molecule has 0 fully saturated rings. The first-order valence-electron chi connectivity index (χ1n) is 26.5. The molecule has 0 aliphatic rings. The van der Waals surface area contributed by atoms with Crippen molar-refractivity contribution in [3.63, 3.8) is 0 Å². The van der Waals surface area contributed by atoms with Crippen molar-refractivity contribution >= 4 is 38.9 Å². The number of phosphoric acid groups is 4. The summed E-state index contributed by atoms with van der Waals surface area (Å²) >= 11 is 0. The van der Waals surface area contributed by atoms with Gasteiger partial charge in [0.25, 0.3) is 31.3 Å². The second-order valence-corrected chi connectivity index (χ2v) is 23.6. The van der Waals surface area contributed by atoms with E-state index in [-0.39, 0.29) is 118 Å². The number of ether oxygens (including phenoxy) is 6. The molecule has 0 aromatic rings. The van der Waals surface area contributed by atoms with Gasteiger partial charge in [0, 0.05) is 60.2 Å². The number of phosphoric ester groups is 4. The zero-order chi connectivity index (χ0) is 67.2. The predicted molar refractivity (Wildman–Crippen MR) is 303 cm³/mol. The monoisotopic (exact) mass is 1370 g/mol. The van der Waals surface area contributed by atoms with Crippen LogP contribution in [0.15, 0.2) is 65.2 Å². The third kappa shape index (κ3) is 65.6. The SMILES string of the molecule is C=C.C=C.C=C.C=COOOOOC=C.CCCOCCC(CO)OP(=O)([O-])OCCCOCC(CCOP(=O)([O-])OCCOP(C)(=O)[O-])(COCCCOP(=O)([O-])OC(CO)CCOCNC)COCCCOP(=O)([O-])OC(CO)CCOCNC. The van der Waals surface area contributed by atoms with E-state index in [4.69, 9.17) is 64.6 Å². The van der Waals surface area contributed by atoms with Gasteiger partial charge in [-0.3, -0.25) is 28.9 Å². The Balaban J connectivity index is -0.00000133. The van der Waals surface area contributed by atoms with Crippen molar-refractivity contribution in [1.29, 1.82) is 0 Å². The predicted octanol–water partition coefficient (Wildman–Crippen LogP) is 2.28. The van der Waals surface area contributed by atoms with E-state index >= 15 is 0 Å². The van der Waals surface area contributed by atoms with E-state index in [2.05, 4.69) is 92.7 Å². The fourth-order valence-corrected chi connectivity index (χ4v) is 9.44. The summed E-state index contributed by atoms with van der Waals surface area (Å²) in [5.41, 5.74) is -1.32. The van der Waals surface area contributed by atoms with Crippen LogP contribution in [0, 0.1) is 5.41 Å². The van der Waals surface area contributed by atoms with Crippen molar-refractivity contribution in [2.24, 2.45) is 5.41 Å². The van der Waals surface area contributed by atoms with Crippen molar-refractivity contribution in [3.8, 4) is 0 Å². The third-order valence-electron chi connectivity index (χ3n) is 9.12. The summed E-state index contributed by atoms with van der Waals surface area (Å²) < 4.78 is 138. The van der Waals surface area contributed by atoms with E-state index in [9.17, 15) is 62.6 Å². The Labute approximate surface area is 511 Å². The molecule has 0 radical (unpaired) electrons. The summed E-state index contributed by atoms with van der Waals surface area (Å²) in [4.78, 5) is 69.2. The number of aliphatic hydroxyl groups excluding tert-OH is 3. The Morgan fingerprint density at radius 3 is 1.10 bits per heavy atom. The van der Waals surface area contributed by atoms with Crippen molar-refractivity contribution in [2.45, 2.75) is 76.6 Å². The van der Waals surface area contributed by atoms with Crippen molar-refractivity contribution in [3.05, 3.63) is 65.2 Å². The van der Waals surface area contributed by atoms with E-state index in [1.165, 1.54) is 0 Å². The van der Waals surface area contributed by atoms with Crippen LogP contribution in [-0.4, -0.2) is 193 Å². The van der Waals surface area contributed by atoms with Crippen molar-refractivity contribution < 1.29 is 157 Å². The highest BCUT2D eigenvalue weighted by Gasteiger charge is 2.33. The maximum absolute atomic E-state index is 12.6. The Hall–Kier alpha value is -1.67. The molecule has 8 atom stereocenters.